The molecule has 0 N–H and O–H groups in total. The van der Waals surface area contributed by atoms with Crippen molar-refractivity contribution in [1.82, 2.24) is 0 Å². The molecule has 14 heavy (non-hydrogen) atoms. The lowest BCUT2D eigenvalue weighted by molar-refractivity contribution is -0.0666. The van der Waals surface area contributed by atoms with Gasteiger partial charge in [0.1, 0.15) is 0 Å². The predicted molar refractivity (Wildman–Crippen MR) is 62.2 cm³/mol. The Kier molecular flexibility index (Phi) is 2.44. The van der Waals surface area contributed by atoms with Crippen LogP contribution in [-0.2, 0) is 0 Å². The van der Waals surface area contributed by atoms with Crippen LogP contribution < -0.4 is 0 Å². The first-order valence-electron chi connectivity index (χ1n) is 6.47. The van der Waals surface area contributed by atoms with Crippen molar-refractivity contribution in [2.75, 3.05) is 0 Å². The molecule has 2 fully saturated rings. The highest BCUT2D eigenvalue weighted by molar-refractivity contribution is 4.99. The van der Waals surface area contributed by atoms with Gasteiger partial charge in [0.25, 0.3) is 0 Å². The van der Waals surface area contributed by atoms with Crippen LogP contribution in [0.2, 0.25) is 0 Å². The molecule has 0 aromatic carbocycles. The van der Waals surface area contributed by atoms with Gasteiger partial charge >= 0.3 is 0 Å². The second kappa shape index (κ2) is 3.25. The molecule has 2 saturated carbocycles. The van der Waals surface area contributed by atoms with Crippen molar-refractivity contribution in [1.29, 1.82) is 0 Å². The van der Waals surface area contributed by atoms with Crippen LogP contribution in [-0.4, -0.2) is 0 Å². The Labute approximate surface area is 89.5 Å². The standard InChI is InChI=1S/C14H26/c1-11-7-5-8-12-13(2,3)9-6-10-14(11,12)4/h11-12H,5-10H2,1-4H3/t11-,12?,14+/m0/s1. The fraction of sp³-hybridized carbons (Fsp3) is 1.00. The molecule has 1 unspecified atom stereocenters. The van der Waals surface area contributed by atoms with E-state index >= 15 is 0 Å². The quantitative estimate of drug-likeness (QED) is 0.527. The third kappa shape index (κ3) is 1.42. The lowest BCUT2D eigenvalue weighted by atomic mass is 9.49. The zero-order valence-electron chi connectivity index (χ0n) is 10.4. The Morgan fingerprint density at radius 3 is 2.29 bits per heavy atom. The summed E-state index contributed by atoms with van der Waals surface area (Å²) >= 11 is 0. The highest BCUT2D eigenvalue weighted by Crippen LogP contribution is 2.59. The average Bonchev–Trinajstić information content (AvgIpc) is 2.08. The molecule has 0 saturated heterocycles. The fourth-order valence-electron chi connectivity index (χ4n) is 4.43. The second-order valence-electron chi connectivity index (χ2n) is 6.73. The van der Waals surface area contributed by atoms with Gasteiger partial charge in [0.15, 0.2) is 0 Å². The van der Waals surface area contributed by atoms with E-state index in [2.05, 4.69) is 27.7 Å². The summed E-state index contributed by atoms with van der Waals surface area (Å²) in [6, 6.07) is 0. The van der Waals surface area contributed by atoms with Gasteiger partial charge in [-0.3, -0.25) is 0 Å². The van der Waals surface area contributed by atoms with Crippen LogP contribution in [0.5, 0.6) is 0 Å². The van der Waals surface area contributed by atoms with Crippen molar-refractivity contribution < 1.29 is 0 Å². The Hall–Kier alpha value is 0. The smallest absolute Gasteiger partial charge is 0.0267 e. The molecule has 3 atom stereocenters. The number of fused-ring (bicyclic) bond motifs is 1. The molecule has 0 aliphatic heterocycles. The largest absolute Gasteiger partial charge is 0.0620 e. The van der Waals surface area contributed by atoms with Crippen molar-refractivity contribution in [3.63, 3.8) is 0 Å². The summed E-state index contributed by atoms with van der Waals surface area (Å²) in [5, 5.41) is 0. The predicted octanol–water partition coefficient (Wildman–Crippen LogP) is 4.64. The van der Waals surface area contributed by atoms with E-state index in [1.165, 1.54) is 38.5 Å². The maximum Gasteiger partial charge on any atom is -0.0267 e. The summed E-state index contributed by atoms with van der Waals surface area (Å²) in [6.45, 7) is 10.1. The van der Waals surface area contributed by atoms with Gasteiger partial charge in [0, 0.05) is 0 Å². The summed E-state index contributed by atoms with van der Waals surface area (Å²) in [6.07, 6.45) is 8.86. The Morgan fingerprint density at radius 2 is 1.64 bits per heavy atom. The molecule has 2 rings (SSSR count). The van der Waals surface area contributed by atoms with E-state index in [0.29, 0.717) is 10.8 Å². The van der Waals surface area contributed by atoms with Gasteiger partial charge in [-0.05, 0) is 41.9 Å². The first-order chi connectivity index (χ1) is 6.47. The van der Waals surface area contributed by atoms with E-state index < -0.39 is 0 Å². The summed E-state index contributed by atoms with van der Waals surface area (Å²) in [5.41, 5.74) is 1.28. The molecule has 0 aromatic rings. The van der Waals surface area contributed by atoms with E-state index in [1.807, 2.05) is 0 Å². The third-order valence-corrected chi connectivity index (χ3v) is 5.53. The van der Waals surface area contributed by atoms with Gasteiger partial charge in [-0.25, -0.2) is 0 Å². The molecule has 0 bridgehead atoms. The van der Waals surface area contributed by atoms with Crippen LogP contribution in [0.3, 0.4) is 0 Å². The van der Waals surface area contributed by atoms with Crippen molar-refractivity contribution in [2.24, 2.45) is 22.7 Å². The average molecular weight is 194 g/mol. The second-order valence-corrected chi connectivity index (χ2v) is 6.73. The molecular formula is C14H26. The number of hydrogen-bond donors (Lipinski definition) is 0. The maximum absolute atomic E-state index is 2.57. The van der Waals surface area contributed by atoms with Gasteiger partial charge in [0.05, 0.1) is 0 Å². The zero-order chi connectivity index (χ0) is 10.4. The summed E-state index contributed by atoms with van der Waals surface area (Å²) < 4.78 is 0. The minimum Gasteiger partial charge on any atom is -0.0620 e. The van der Waals surface area contributed by atoms with Crippen molar-refractivity contribution in [2.45, 2.75) is 66.2 Å². The van der Waals surface area contributed by atoms with Crippen LogP contribution in [0.1, 0.15) is 66.2 Å². The van der Waals surface area contributed by atoms with Crippen LogP contribution in [0.4, 0.5) is 0 Å². The summed E-state index contributed by atoms with van der Waals surface area (Å²) in [5.74, 6) is 1.95. The van der Waals surface area contributed by atoms with Crippen LogP contribution in [0, 0.1) is 22.7 Å². The normalized spacial score (nSPS) is 47.1. The topological polar surface area (TPSA) is 0 Å². The number of rotatable bonds is 0. The highest BCUT2D eigenvalue weighted by Gasteiger charge is 2.50. The maximum atomic E-state index is 2.57. The minimum absolute atomic E-state index is 0.613. The van der Waals surface area contributed by atoms with E-state index in [0.717, 1.165) is 11.8 Å². The van der Waals surface area contributed by atoms with Gasteiger partial charge in [-0.1, -0.05) is 47.0 Å². The molecule has 0 nitrogen and oxygen atoms in total. The van der Waals surface area contributed by atoms with Crippen molar-refractivity contribution in [3.8, 4) is 0 Å². The Morgan fingerprint density at radius 1 is 0.929 bits per heavy atom. The molecular weight excluding hydrogens is 168 g/mol. The van der Waals surface area contributed by atoms with Gasteiger partial charge in [0.2, 0.25) is 0 Å². The fourth-order valence-corrected chi connectivity index (χ4v) is 4.43. The Balaban J connectivity index is 2.27. The van der Waals surface area contributed by atoms with Crippen molar-refractivity contribution >= 4 is 0 Å². The lowest BCUT2D eigenvalue weighted by Gasteiger charge is -2.56. The molecule has 0 radical (unpaired) electrons. The van der Waals surface area contributed by atoms with Gasteiger partial charge in [-0.15, -0.1) is 0 Å². The zero-order valence-corrected chi connectivity index (χ0v) is 10.4. The van der Waals surface area contributed by atoms with Crippen molar-refractivity contribution in [3.05, 3.63) is 0 Å². The molecule has 0 heteroatoms. The number of hydrogen-bond acceptors (Lipinski definition) is 0. The SMILES string of the molecule is C[C@H]1CCCC2C(C)(C)CCC[C@@]21C. The molecule has 0 heterocycles. The van der Waals surface area contributed by atoms with E-state index in [4.69, 9.17) is 0 Å². The first-order valence-corrected chi connectivity index (χ1v) is 6.47. The molecule has 0 amide bonds. The van der Waals surface area contributed by atoms with Gasteiger partial charge < -0.3 is 0 Å². The summed E-state index contributed by atoms with van der Waals surface area (Å²) in [4.78, 5) is 0. The Bertz CT molecular complexity index is 216. The highest BCUT2D eigenvalue weighted by atomic mass is 14.5. The first kappa shape index (κ1) is 10.5. The minimum atomic E-state index is 0.613. The van der Waals surface area contributed by atoms with E-state index in [-0.39, 0.29) is 0 Å². The molecule has 2 aliphatic carbocycles. The van der Waals surface area contributed by atoms with E-state index in [1.54, 1.807) is 0 Å². The lowest BCUT2D eigenvalue weighted by Crippen LogP contribution is -2.47. The third-order valence-electron chi connectivity index (χ3n) is 5.53. The summed E-state index contributed by atoms with van der Waals surface area (Å²) in [7, 11) is 0. The van der Waals surface area contributed by atoms with E-state index in [9.17, 15) is 0 Å². The molecule has 0 spiro atoms. The van der Waals surface area contributed by atoms with Gasteiger partial charge in [-0.2, -0.15) is 0 Å². The molecule has 0 aromatic heterocycles. The molecule has 82 valence electrons. The van der Waals surface area contributed by atoms with Crippen LogP contribution in [0.15, 0.2) is 0 Å². The monoisotopic (exact) mass is 194 g/mol. The van der Waals surface area contributed by atoms with Crippen LogP contribution >= 0.6 is 0 Å². The van der Waals surface area contributed by atoms with Crippen LogP contribution in [0.25, 0.3) is 0 Å². The molecule has 2 aliphatic rings.